The number of rotatable bonds is 6. The maximum atomic E-state index is 12.9. The summed E-state index contributed by atoms with van der Waals surface area (Å²) in [5.41, 5.74) is -2.26. The number of ether oxygens (including phenoxy) is 1. The Hall–Kier alpha value is -2.49. The summed E-state index contributed by atoms with van der Waals surface area (Å²) in [6, 6.07) is 7.66. The number of aliphatic hydroxyl groups is 1. The summed E-state index contributed by atoms with van der Waals surface area (Å²) < 4.78 is 43.7. The zero-order valence-corrected chi connectivity index (χ0v) is 17.6. The number of nitrogens with one attached hydrogen (secondary N) is 1. The van der Waals surface area contributed by atoms with Crippen molar-refractivity contribution < 1.29 is 32.6 Å². The van der Waals surface area contributed by atoms with Gasteiger partial charge in [-0.05, 0) is 42.8 Å². The molecule has 1 heterocycles. The summed E-state index contributed by atoms with van der Waals surface area (Å²) in [5, 5.41) is 13.3. The zero-order chi connectivity index (χ0) is 23.0. The molecule has 1 fully saturated rings. The van der Waals surface area contributed by atoms with Gasteiger partial charge >= 0.3 is 12.2 Å². The smallest absolute Gasteiger partial charge is 0.416 e. The van der Waals surface area contributed by atoms with Gasteiger partial charge in [-0.2, -0.15) is 13.2 Å². The van der Waals surface area contributed by atoms with Crippen molar-refractivity contribution in [3.8, 4) is 5.75 Å². The molecule has 2 atom stereocenters. The molecule has 2 aromatic rings. The molecule has 0 aromatic heterocycles. The molecule has 0 bridgehead atoms. The molecule has 0 aliphatic carbocycles. The number of amides is 3. The second-order valence-corrected chi connectivity index (χ2v) is 7.93. The number of aliphatic hydroxyl groups excluding tert-OH is 1. The van der Waals surface area contributed by atoms with Gasteiger partial charge in [0, 0.05) is 5.02 Å². The van der Waals surface area contributed by atoms with Crippen LogP contribution in [0.2, 0.25) is 10.0 Å². The third-order valence-corrected chi connectivity index (χ3v) is 5.31. The van der Waals surface area contributed by atoms with Crippen molar-refractivity contribution >= 4 is 35.1 Å². The van der Waals surface area contributed by atoms with E-state index in [-0.39, 0.29) is 29.5 Å². The van der Waals surface area contributed by atoms with Crippen LogP contribution in [0.4, 0.5) is 18.0 Å². The van der Waals surface area contributed by atoms with Gasteiger partial charge in [0.15, 0.2) is 0 Å². The highest BCUT2D eigenvalue weighted by Crippen LogP contribution is 2.33. The van der Waals surface area contributed by atoms with E-state index in [1.54, 1.807) is 6.07 Å². The second kappa shape index (κ2) is 8.57. The Labute approximate surface area is 185 Å². The standard InChI is InChI=1S/C20H17Cl2F3N2O4/c1-19(11-2-4-12(5-3-11)20(23,24)25)17(29)27(18(30)26-19)9-14(28)10-31-16-7-6-13(21)8-15(16)22/h2-8,14,28H,9-10H2,1H3,(H,26,30). The zero-order valence-electron chi connectivity index (χ0n) is 16.0. The van der Waals surface area contributed by atoms with Crippen LogP contribution in [0, 0.1) is 0 Å². The Bertz CT molecular complexity index is 1000. The van der Waals surface area contributed by atoms with E-state index < -0.39 is 35.3 Å². The predicted molar refractivity (Wildman–Crippen MR) is 107 cm³/mol. The highest BCUT2D eigenvalue weighted by molar-refractivity contribution is 6.35. The van der Waals surface area contributed by atoms with Crippen molar-refractivity contribution in [2.75, 3.05) is 13.2 Å². The molecule has 1 aliphatic heterocycles. The van der Waals surface area contributed by atoms with Gasteiger partial charge in [-0.3, -0.25) is 9.69 Å². The molecule has 6 nitrogen and oxygen atoms in total. The summed E-state index contributed by atoms with van der Waals surface area (Å²) in [5.74, 6) is -0.447. The lowest BCUT2D eigenvalue weighted by Crippen LogP contribution is -2.42. The van der Waals surface area contributed by atoms with E-state index >= 15 is 0 Å². The molecule has 3 amide bonds. The average Bonchev–Trinajstić information content (AvgIpc) is 2.91. The minimum absolute atomic E-state index is 0.181. The molecule has 11 heteroatoms. The number of carbonyl (C=O) groups is 2. The third kappa shape index (κ3) is 4.89. The van der Waals surface area contributed by atoms with Crippen molar-refractivity contribution in [3.05, 3.63) is 63.6 Å². The number of nitrogens with zero attached hydrogens (tertiary/aromatic N) is 1. The molecule has 0 spiro atoms. The van der Waals surface area contributed by atoms with Crippen molar-refractivity contribution in [1.82, 2.24) is 10.2 Å². The Morgan fingerprint density at radius 1 is 1.16 bits per heavy atom. The largest absolute Gasteiger partial charge is 0.489 e. The van der Waals surface area contributed by atoms with E-state index in [0.717, 1.165) is 29.2 Å². The molecule has 0 saturated carbocycles. The Kier molecular flexibility index (Phi) is 6.40. The fourth-order valence-corrected chi connectivity index (χ4v) is 3.56. The van der Waals surface area contributed by atoms with E-state index in [1.807, 2.05) is 0 Å². The second-order valence-electron chi connectivity index (χ2n) is 7.09. The summed E-state index contributed by atoms with van der Waals surface area (Å²) >= 11 is 11.8. The van der Waals surface area contributed by atoms with Gasteiger partial charge < -0.3 is 15.2 Å². The number of hydrogen-bond donors (Lipinski definition) is 2. The lowest BCUT2D eigenvalue weighted by Gasteiger charge is -2.23. The Balaban J connectivity index is 1.67. The topological polar surface area (TPSA) is 78.9 Å². The molecule has 31 heavy (non-hydrogen) atoms. The maximum absolute atomic E-state index is 12.9. The van der Waals surface area contributed by atoms with E-state index in [2.05, 4.69) is 5.32 Å². The number of halogens is 5. The van der Waals surface area contributed by atoms with Crippen molar-refractivity contribution in [2.24, 2.45) is 0 Å². The summed E-state index contributed by atoms with van der Waals surface area (Å²) in [6.45, 7) is 0.730. The van der Waals surface area contributed by atoms with Crippen LogP contribution in [-0.2, 0) is 16.5 Å². The fraction of sp³-hybridized carbons (Fsp3) is 0.300. The van der Waals surface area contributed by atoms with Crippen molar-refractivity contribution in [3.63, 3.8) is 0 Å². The van der Waals surface area contributed by atoms with Gasteiger partial charge in [-0.1, -0.05) is 35.3 Å². The quantitative estimate of drug-likeness (QED) is 0.611. The van der Waals surface area contributed by atoms with Gasteiger partial charge in [0.1, 0.15) is 24.0 Å². The highest BCUT2D eigenvalue weighted by Gasteiger charge is 2.49. The predicted octanol–water partition coefficient (Wildman–Crippen LogP) is 4.22. The maximum Gasteiger partial charge on any atom is 0.416 e. The number of β-amino-alcohol motifs (C(OH)–C–C–N with tert-alkyl or cyclic N) is 1. The molecular formula is C20H17Cl2F3N2O4. The number of imide groups is 1. The van der Waals surface area contributed by atoms with Crippen LogP contribution in [-0.4, -0.2) is 41.2 Å². The molecular weight excluding hydrogens is 460 g/mol. The molecule has 2 N–H and O–H groups in total. The first-order valence-electron chi connectivity index (χ1n) is 8.99. The molecule has 2 unspecified atom stereocenters. The van der Waals surface area contributed by atoms with Gasteiger partial charge in [0.05, 0.1) is 17.1 Å². The summed E-state index contributed by atoms with van der Waals surface area (Å²) in [6.07, 6.45) is -5.76. The Morgan fingerprint density at radius 2 is 1.81 bits per heavy atom. The summed E-state index contributed by atoms with van der Waals surface area (Å²) in [4.78, 5) is 26.0. The minimum Gasteiger partial charge on any atom is -0.489 e. The first-order chi connectivity index (χ1) is 14.4. The molecule has 2 aromatic carbocycles. The number of urea groups is 1. The van der Waals surface area contributed by atoms with Crippen LogP contribution >= 0.6 is 23.2 Å². The number of benzene rings is 2. The van der Waals surface area contributed by atoms with Gasteiger partial charge in [0.25, 0.3) is 5.91 Å². The van der Waals surface area contributed by atoms with Gasteiger partial charge in [0.2, 0.25) is 0 Å². The van der Waals surface area contributed by atoms with E-state index in [0.29, 0.717) is 5.02 Å². The van der Waals surface area contributed by atoms with Crippen LogP contribution in [0.15, 0.2) is 42.5 Å². The monoisotopic (exact) mass is 476 g/mol. The lowest BCUT2D eigenvalue weighted by molar-refractivity contribution is -0.137. The average molecular weight is 477 g/mol. The van der Waals surface area contributed by atoms with Gasteiger partial charge in [-0.25, -0.2) is 4.79 Å². The van der Waals surface area contributed by atoms with Crippen LogP contribution in [0.5, 0.6) is 5.75 Å². The first-order valence-corrected chi connectivity index (χ1v) is 9.75. The van der Waals surface area contributed by atoms with Crippen molar-refractivity contribution in [2.45, 2.75) is 24.7 Å². The van der Waals surface area contributed by atoms with Crippen LogP contribution in [0.1, 0.15) is 18.1 Å². The van der Waals surface area contributed by atoms with Crippen molar-refractivity contribution in [1.29, 1.82) is 0 Å². The molecule has 3 rings (SSSR count). The van der Waals surface area contributed by atoms with E-state index in [4.69, 9.17) is 27.9 Å². The number of carbonyl (C=O) groups excluding carboxylic acids is 2. The first kappa shape index (κ1) is 23.2. The normalized spacial score (nSPS) is 20.0. The van der Waals surface area contributed by atoms with E-state index in [1.165, 1.54) is 19.1 Å². The summed E-state index contributed by atoms with van der Waals surface area (Å²) in [7, 11) is 0. The van der Waals surface area contributed by atoms with Crippen LogP contribution < -0.4 is 10.1 Å². The number of alkyl halides is 3. The Morgan fingerprint density at radius 3 is 2.39 bits per heavy atom. The van der Waals surface area contributed by atoms with Gasteiger partial charge in [-0.15, -0.1) is 0 Å². The highest BCUT2D eigenvalue weighted by atomic mass is 35.5. The molecule has 166 valence electrons. The number of hydrogen-bond acceptors (Lipinski definition) is 4. The van der Waals surface area contributed by atoms with Crippen LogP contribution in [0.3, 0.4) is 0 Å². The molecule has 1 aliphatic rings. The molecule has 0 radical (unpaired) electrons. The fourth-order valence-electron chi connectivity index (χ4n) is 3.09. The molecule has 1 saturated heterocycles. The van der Waals surface area contributed by atoms with E-state index in [9.17, 15) is 27.9 Å². The van der Waals surface area contributed by atoms with Crippen LogP contribution in [0.25, 0.3) is 0 Å². The third-order valence-electron chi connectivity index (χ3n) is 4.78. The SMILES string of the molecule is CC1(c2ccc(C(F)(F)F)cc2)NC(=O)N(CC(O)COc2ccc(Cl)cc2Cl)C1=O. The lowest BCUT2D eigenvalue weighted by atomic mass is 9.91. The minimum atomic E-state index is -4.52.